The van der Waals surface area contributed by atoms with Gasteiger partial charge in [0.1, 0.15) is 35.4 Å². The fourth-order valence-electron chi connectivity index (χ4n) is 3.70. The maximum atomic E-state index is 13.5. The Morgan fingerprint density at radius 3 is 2.46 bits per heavy atom. The van der Waals surface area contributed by atoms with Crippen LogP contribution in [0.1, 0.15) is 26.3 Å². The van der Waals surface area contributed by atoms with E-state index in [1.165, 1.54) is 49.5 Å². The van der Waals surface area contributed by atoms with Crippen LogP contribution in [0.15, 0.2) is 65.1 Å². The topological polar surface area (TPSA) is 135 Å². The first-order valence-corrected chi connectivity index (χ1v) is 13.1. The summed E-state index contributed by atoms with van der Waals surface area (Å²) in [6, 6.07) is 14.7. The second-order valence-electron chi connectivity index (χ2n) is 8.28. The largest absolute Gasteiger partial charge is 0.487 e. The summed E-state index contributed by atoms with van der Waals surface area (Å²) in [5, 5.41) is 15.0. The molecule has 11 heteroatoms. The molecule has 0 saturated heterocycles. The van der Waals surface area contributed by atoms with Gasteiger partial charge in [-0.1, -0.05) is 12.1 Å². The van der Waals surface area contributed by atoms with Crippen molar-refractivity contribution in [3.8, 4) is 17.1 Å². The molecule has 3 aromatic carbocycles. The molecule has 192 valence electrons. The van der Waals surface area contributed by atoms with Gasteiger partial charge in [0.2, 0.25) is 0 Å². The first-order chi connectivity index (χ1) is 17.6. The van der Waals surface area contributed by atoms with Gasteiger partial charge in [-0.15, -0.1) is 0 Å². The van der Waals surface area contributed by atoms with Crippen molar-refractivity contribution >= 4 is 38.4 Å². The molecule has 3 N–H and O–H groups in total. The zero-order valence-corrected chi connectivity index (χ0v) is 20.7. The normalized spacial score (nSPS) is 11.3. The smallest absolute Gasteiger partial charge is 0.335 e. The lowest BCUT2D eigenvalue weighted by atomic mass is 10.0. The van der Waals surface area contributed by atoms with Crippen LogP contribution in [0.4, 0.5) is 10.1 Å². The van der Waals surface area contributed by atoms with Gasteiger partial charge in [-0.25, -0.2) is 17.6 Å². The number of halogens is 1. The molecular formula is C26H23FN2O7S. The molecule has 0 aliphatic heterocycles. The van der Waals surface area contributed by atoms with E-state index in [9.17, 15) is 27.5 Å². The minimum atomic E-state index is -3.40. The van der Waals surface area contributed by atoms with Gasteiger partial charge in [0, 0.05) is 30.3 Å². The number of carbonyl (C=O) groups excluding carboxylic acids is 1. The van der Waals surface area contributed by atoms with Gasteiger partial charge in [-0.05, 0) is 48.0 Å². The second kappa shape index (κ2) is 10.3. The number of carboxylic acids is 1. The highest BCUT2D eigenvalue weighted by Crippen LogP contribution is 2.39. The quantitative estimate of drug-likeness (QED) is 0.294. The van der Waals surface area contributed by atoms with Gasteiger partial charge in [-0.2, -0.15) is 0 Å². The molecule has 0 saturated carbocycles. The molecule has 1 heterocycles. The zero-order valence-electron chi connectivity index (χ0n) is 19.9. The number of hydrogen-bond donors (Lipinski definition) is 3. The summed E-state index contributed by atoms with van der Waals surface area (Å²) in [5.74, 6) is -1.95. The third-order valence-electron chi connectivity index (χ3n) is 5.44. The maximum absolute atomic E-state index is 13.5. The van der Waals surface area contributed by atoms with Crippen LogP contribution < -0.4 is 15.4 Å². The van der Waals surface area contributed by atoms with E-state index in [0.717, 1.165) is 6.26 Å². The van der Waals surface area contributed by atoms with Crippen molar-refractivity contribution in [2.75, 3.05) is 24.5 Å². The minimum Gasteiger partial charge on any atom is -0.487 e. The molecule has 1 amide bonds. The van der Waals surface area contributed by atoms with E-state index >= 15 is 0 Å². The van der Waals surface area contributed by atoms with E-state index in [4.69, 9.17) is 9.15 Å². The van der Waals surface area contributed by atoms with E-state index in [1.807, 2.05) is 0 Å². The second-order valence-corrected chi connectivity index (χ2v) is 10.4. The third-order valence-corrected chi connectivity index (χ3v) is 6.11. The number of anilines is 1. The first kappa shape index (κ1) is 25.7. The lowest BCUT2D eigenvalue weighted by molar-refractivity contribution is 0.0696. The monoisotopic (exact) mass is 526 g/mol. The minimum absolute atomic E-state index is 0.0296. The number of aromatic carboxylic acids is 1. The summed E-state index contributed by atoms with van der Waals surface area (Å²) < 4.78 is 49.0. The Balaban J connectivity index is 1.82. The van der Waals surface area contributed by atoms with Crippen molar-refractivity contribution in [1.82, 2.24) is 5.32 Å². The van der Waals surface area contributed by atoms with E-state index in [0.29, 0.717) is 16.5 Å². The Morgan fingerprint density at radius 2 is 1.81 bits per heavy atom. The molecule has 0 atom stereocenters. The lowest BCUT2D eigenvalue weighted by Gasteiger charge is -2.14. The Morgan fingerprint density at radius 1 is 1.08 bits per heavy atom. The summed E-state index contributed by atoms with van der Waals surface area (Å²) in [6.45, 7) is -0.0296. The van der Waals surface area contributed by atoms with Gasteiger partial charge >= 0.3 is 5.97 Å². The lowest BCUT2D eigenvalue weighted by Crippen LogP contribution is -2.18. The number of rotatable bonds is 9. The summed E-state index contributed by atoms with van der Waals surface area (Å²) in [5.41, 5.74) is 1.88. The number of ether oxygens (including phenoxy) is 1. The van der Waals surface area contributed by atoms with E-state index < -0.39 is 33.4 Å². The van der Waals surface area contributed by atoms with Gasteiger partial charge < -0.3 is 24.9 Å². The average Bonchev–Trinajstić information content (AvgIpc) is 3.23. The Bertz CT molecular complexity index is 1600. The molecule has 0 radical (unpaired) electrons. The maximum Gasteiger partial charge on any atom is 0.335 e. The molecule has 0 unspecified atom stereocenters. The molecule has 9 nitrogen and oxygen atoms in total. The number of hydrogen-bond acceptors (Lipinski definition) is 7. The molecule has 4 rings (SSSR count). The van der Waals surface area contributed by atoms with Gasteiger partial charge in [0.15, 0.2) is 9.84 Å². The first-order valence-electron chi connectivity index (χ1n) is 11.0. The van der Waals surface area contributed by atoms with E-state index in [1.54, 1.807) is 18.2 Å². The third kappa shape index (κ3) is 5.89. The number of carboxylic acid groups (broad SMARTS) is 1. The Kier molecular flexibility index (Phi) is 7.16. The standard InChI is InChI=1S/C26H23FN2O7S/c1-28-25(30)23-19-11-22(35-13-15-4-3-5-17(10-15)26(31)32)20(29-14-37(2,33)34)12-21(19)36-24(23)16-6-8-18(27)9-7-16/h3-12,29H,13-14H2,1-2H3,(H,28,30)(H,31,32). The molecule has 1 aromatic heterocycles. The highest BCUT2D eigenvalue weighted by Gasteiger charge is 2.24. The van der Waals surface area contributed by atoms with Crippen molar-refractivity contribution in [1.29, 1.82) is 0 Å². The van der Waals surface area contributed by atoms with Crippen LogP contribution in [0.3, 0.4) is 0 Å². The highest BCUT2D eigenvalue weighted by molar-refractivity contribution is 7.90. The van der Waals surface area contributed by atoms with E-state index in [-0.39, 0.29) is 40.5 Å². The van der Waals surface area contributed by atoms with Crippen molar-refractivity contribution < 1.29 is 36.7 Å². The summed E-state index contributed by atoms with van der Waals surface area (Å²) in [4.78, 5) is 24.1. The Labute approximate surface area is 211 Å². The van der Waals surface area contributed by atoms with Crippen LogP contribution in [0, 0.1) is 5.82 Å². The van der Waals surface area contributed by atoms with E-state index in [2.05, 4.69) is 10.6 Å². The van der Waals surface area contributed by atoms with Crippen LogP contribution in [-0.2, 0) is 16.4 Å². The van der Waals surface area contributed by atoms with Crippen molar-refractivity contribution in [3.05, 3.63) is 83.2 Å². The fraction of sp³-hybridized carbons (Fsp3) is 0.154. The number of furan rings is 1. The molecule has 0 spiro atoms. The number of benzene rings is 3. The van der Waals surface area contributed by atoms with Gasteiger partial charge in [0.05, 0.1) is 16.8 Å². The summed E-state index contributed by atoms with van der Waals surface area (Å²) >= 11 is 0. The molecule has 4 aromatic rings. The zero-order chi connectivity index (χ0) is 26.7. The van der Waals surface area contributed by atoms with Crippen molar-refractivity contribution in [3.63, 3.8) is 0 Å². The molecule has 37 heavy (non-hydrogen) atoms. The number of nitrogens with one attached hydrogen (secondary N) is 2. The van der Waals surface area contributed by atoms with Crippen LogP contribution in [0.2, 0.25) is 0 Å². The highest BCUT2D eigenvalue weighted by atomic mass is 32.2. The van der Waals surface area contributed by atoms with Gasteiger partial charge in [0.25, 0.3) is 5.91 Å². The number of carbonyl (C=O) groups is 2. The van der Waals surface area contributed by atoms with Crippen LogP contribution in [0.25, 0.3) is 22.3 Å². The van der Waals surface area contributed by atoms with Crippen LogP contribution in [-0.4, -0.2) is 44.6 Å². The molecule has 0 aliphatic carbocycles. The summed E-state index contributed by atoms with van der Waals surface area (Å²) in [7, 11) is -1.94. The number of fused-ring (bicyclic) bond motifs is 1. The summed E-state index contributed by atoms with van der Waals surface area (Å²) in [6.07, 6.45) is 1.07. The molecule has 0 fully saturated rings. The Hall–Kier alpha value is -4.38. The SMILES string of the molecule is CNC(=O)c1c(-c2ccc(F)cc2)oc2cc(NCS(C)(=O)=O)c(OCc3cccc(C(=O)O)c3)cc12. The number of amides is 1. The molecular weight excluding hydrogens is 503 g/mol. The predicted octanol–water partition coefficient (Wildman–Crippen LogP) is 4.29. The van der Waals surface area contributed by atoms with Crippen molar-refractivity contribution in [2.45, 2.75) is 6.61 Å². The fourth-order valence-corrected chi connectivity index (χ4v) is 4.12. The predicted molar refractivity (Wildman–Crippen MR) is 136 cm³/mol. The molecule has 0 aliphatic rings. The average molecular weight is 527 g/mol. The van der Waals surface area contributed by atoms with Crippen molar-refractivity contribution in [2.24, 2.45) is 0 Å². The van der Waals surface area contributed by atoms with Crippen LogP contribution in [0.5, 0.6) is 5.75 Å². The van der Waals surface area contributed by atoms with Crippen LogP contribution >= 0.6 is 0 Å². The molecule has 0 bridgehead atoms. The number of sulfone groups is 1. The van der Waals surface area contributed by atoms with Gasteiger partial charge in [-0.3, -0.25) is 4.79 Å².